The highest BCUT2D eigenvalue weighted by Gasteiger charge is 2.63. The van der Waals surface area contributed by atoms with Gasteiger partial charge in [-0.15, -0.1) is 12.4 Å². The number of methoxy groups -OCH3 is 1. The Bertz CT molecular complexity index is 466. The Morgan fingerprint density at radius 2 is 1.71 bits per heavy atom. The Morgan fingerprint density at radius 1 is 1.17 bits per heavy atom. The molecule has 2 N–H and O–H groups in total. The molecule has 0 aromatic rings. The zero-order valence-corrected chi connectivity index (χ0v) is 15.9. The number of hydrogen-bond donors (Lipinski definition) is 1. The van der Waals surface area contributed by atoms with Gasteiger partial charge in [0.25, 0.3) is 0 Å². The van der Waals surface area contributed by atoms with Crippen LogP contribution in [0.15, 0.2) is 0 Å². The largest absolute Gasteiger partial charge is 0.378 e. The van der Waals surface area contributed by atoms with Crippen molar-refractivity contribution >= 4 is 24.2 Å². The lowest BCUT2D eigenvalue weighted by Gasteiger charge is -2.59. The molecule has 2 amide bonds. The number of piperazine rings is 1. The highest BCUT2D eigenvalue weighted by molar-refractivity contribution is 5.89. The van der Waals surface area contributed by atoms with E-state index in [1.807, 2.05) is 20.8 Å². The van der Waals surface area contributed by atoms with Crippen LogP contribution in [0.1, 0.15) is 27.2 Å². The van der Waals surface area contributed by atoms with Crippen LogP contribution in [0.4, 0.5) is 0 Å². The van der Waals surface area contributed by atoms with E-state index in [1.54, 1.807) is 9.80 Å². The van der Waals surface area contributed by atoms with E-state index < -0.39 is 5.54 Å². The molecular formula is C16H30ClN3O4. The summed E-state index contributed by atoms with van der Waals surface area (Å²) in [5, 5.41) is 0. The quantitative estimate of drug-likeness (QED) is 0.757. The van der Waals surface area contributed by atoms with E-state index in [-0.39, 0.29) is 42.3 Å². The number of amides is 2. The van der Waals surface area contributed by atoms with E-state index in [4.69, 9.17) is 15.2 Å². The summed E-state index contributed by atoms with van der Waals surface area (Å²) < 4.78 is 10.6. The first-order chi connectivity index (χ1) is 10.8. The van der Waals surface area contributed by atoms with E-state index in [0.29, 0.717) is 39.2 Å². The smallest absolute Gasteiger partial charge is 0.248 e. The van der Waals surface area contributed by atoms with Crippen molar-refractivity contribution in [1.82, 2.24) is 9.80 Å². The van der Waals surface area contributed by atoms with Crippen LogP contribution in [-0.4, -0.2) is 79.8 Å². The molecule has 1 aliphatic heterocycles. The first-order valence-corrected chi connectivity index (χ1v) is 8.24. The summed E-state index contributed by atoms with van der Waals surface area (Å²) in [5.41, 5.74) is 5.18. The number of halogens is 1. The molecule has 2 unspecified atom stereocenters. The van der Waals surface area contributed by atoms with Gasteiger partial charge < -0.3 is 25.0 Å². The molecule has 0 spiro atoms. The number of hydrogen-bond acceptors (Lipinski definition) is 5. The van der Waals surface area contributed by atoms with Crippen molar-refractivity contribution < 1.29 is 19.1 Å². The van der Waals surface area contributed by atoms with Gasteiger partial charge >= 0.3 is 0 Å². The van der Waals surface area contributed by atoms with E-state index in [9.17, 15) is 9.59 Å². The summed E-state index contributed by atoms with van der Waals surface area (Å²) in [6, 6.07) is 0. The average molecular weight is 364 g/mol. The normalized spacial score (nSPS) is 28.8. The van der Waals surface area contributed by atoms with Gasteiger partial charge in [-0.1, -0.05) is 13.8 Å². The molecule has 1 saturated carbocycles. The molecule has 140 valence electrons. The highest BCUT2D eigenvalue weighted by atomic mass is 35.5. The Hall–Kier alpha value is -0.890. The van der Waals surface area contributed by atoms with Crippen LogP contribution in [0.2, 0.25) is 0 Å². The second kappa shape index (κ2) is 7.99. The SMILES string of the molecule is CCOC1CC(N)(C(=O)N2CCN(C(=O)COC)CC2)C1(C)C.Cl. The topological polar surface area (TPSA) is 85.1 Å². The molecular weight excluding hydrogens is 334 g/mol. The summed E-state index contributed by atoms with van der Waals surface area (Å²) in [5.74, 6) is -0.0697. The molecule has 0 aromatic heterocycles. The van der Waals surface area contributed by atoms with Crippen molar-refractivity contribution in [2.45, 2.75) is 38.8 Å². The van der Waals surface area contributed by atoms with Crippen molar-refractivity contribution in [3.8, 4) is 0 Å². The molecule has 0 aromatic carbocycles. The minimum absolute atomic E-state index is 0. The number of nitrogens with two attached hydrogens (primary N) is 1. The lowest BCUT2D eigenvalue weighted by Crippen LogP contribution is -2.76. The maximum Gasteiger partial charge on any atom is 0.248 e. The molecule has 2 rings (SSSR count). The number of ether oxygens (including phenoxy) is 2. The van der Waals surface area contributed by atoms with Gasteiger partial charge in [0, 0.05) is 51.7 Å². The number of carbonyl (C=O) groups is 2. The lowest BCUT2D eigenvalue weighted by atomic mass is 9.54. The summed E-state index contributed by atoms with van der Waals surface area (Å²) in [6.07, 6.45) is 0.571. The van der Waals surface area contributed by atoms with Crippen LogP contribution in [0, 0.1) is 5.41 Å². The highest BCUT2D eigenvalue weighted by Crippen LogP contribution is 2.50. The van der Waals surface area contributed by atoms with Crippen molar-refractivity contribution in [2.24, 2.45) is 11.1 Å². The Labute approximate surface area is 150 Å². The minimum atomic E-state index is -0.883. The second-order valence-electron chi connectivity index (χ2n) is 6.95. The molecule has 2 aliphatic rings. The third kappa shape index (κ3) is 3.54. The van der Waals surface area contributed by atoms with Crippen LogP contribution < -0.4 is 5.73 Å². The molecule has 1 heterocycles. The van der Waals surface area contributed by atoms with Crippen molar-refractivity contribution in [3.63, 3.8) is 0 Å². The van der Waals surface area contributed by atoms with Crippen LogP contribution in [0.25, 0.3) is 0 Å². The summed E-state index contributed by atoms with van der Waals surface area (Å²) in [7, 11) is 1.50. The van der Waals surface area contributed by atoms with Gasteiger partial charge in [-0.2, -0.15) is 0 Å². The fourth-order valence-corrected chi connectivity index (χ4v) is 3.45. The molecule has 0 bridgehead atoms. The first kappa shape index (κ1) is 21.2. The Balaban J connectivity index is 0.00000288. The van der Waals surface area contributed by atoms with Crippen molar-refractivity contribution in [1.29, 1.82) is 0 Å². The third-order valence-corrected chi connectivity index (χ3v) is 5.40. The fraction of sp³-hybridized carbons (Fsp3) is 0.875. The van der Waals surface area contributed by atoms with E-state index in [1.165, 1.54) is 7.11 Å². The maximum atomic E-state index is 12.9. The van der Waals surface area contributed by atoms with E-state index >= 15 is 0 Å². The molecule has 1 saturated heterocycles. The summed E-state index contributed by atoms with van der Waals surface area (Å²) in [6.45, 7) is 8.73. The maximum absolute atomic E-state index is 12.9. The van der Waals surface area contributed by atoms with Crippen molar-refractivity contribution in [3.05, 3.63) is 0 Å². The van der Waals surface area contributed by atoms with Gasteiger partial charge in [0.2, 0.25) is 11.8 Å². The van der Waals surface area contributed by atoms with Gasteiger partial charge in [0.05, 0.1) is 6.10 Å². The van der Waals surface area contributed by atoms with Gasteiger partial charge in [-0.05, 0) is 6.92 Å². The van der Waals surface area contributed by atoms with Gasteiger partial charge in [0.15, 0.2) is 0 Å². The van der Waals surface area contributed by atoms with Crippen LogP contribution in [-0.2, 0) is 19.1 Å². The minimum Gasteiger partial charge on any atom is -0.378 e. The second-order valence-corrected chi connectivity index (χ2v) is 6.95. The number of rotatable bonds is 5. The molecule has 8 heteroatoms. The third-order valence-electron chi connectivity index (χ3n) is 5.40. The zero-order chi connectivity index (χ0) is 17.3. The lowest BCUT2D eigenvalue weighted by molar-refractivity contribution is -0.181. The van der Waals surface area contributed by atoms with Crippen LogP contribution in [0.3, 0.4) is 0 Å². The summed E-state index contributed by atoms with van der Waals surface area (Å²) >= 11 is 0. The monoisotopic (exact) mass is 363 g/mol. The van der Waals surface area contributed by atoms with Gasteiger partial charge in [-0.25, -0.2) is 0 Å². The average Bonchev–Trinajstić information content (AvgIpc) is 2.54. The van der Waals surface area contributed by atoms with E-state index in [2.05, 4.69) is 0 Å². The predicted octanol–water partition coefficient (Wildman–Crippen LogP) is 0.258. The number of nitrogens with zero attached hydrogens (tertiary/aromatic N) is 2. The van der Waals surface area contributed by atoms with Gasteiger partial charge in [0.1, 0.15) is 12.1 Å². The molecule has 24 heavy (non-hydrogen) atoms. The molecule has 0 radical (unpaired) electrons. The standard InChI is InChI=1S/C16H29N3O4.ClH/c1-5-23-12-10-16(17,15(12,2)3)14(21)19-8-6-18(7-9-19)13(20)11-22-4;/h12H,5-11,17H2,1-4H3;1H. The predicted molar refractivity (Wildman–Crippen MR) is 93.0 cm³/mol. The number of carbonyl (C=O) groups excluding carboxylic acids is 2. The Morgan fingerprint density at radius 3 is 2.17 bits per heavy atom. The molecule has 7 nitrogen and oxygen atoms in total. The van der Waals surface area contributed by atoms with Gasteiger partial charge in [-0.3, -0.25) is 9.59 Å². The fourth-order valence-electron chi connectivity index (χ4n) is 3.45. The van der Waals surface area contributed by atoms with Crippen LogP contribution in [0.5, 0.6) is 0 Å². The molecule has 2 fully saturated rings. The summed E-state index contributed by atoms with van der Waals surface area (Å²) in [4.78, 5) is 28.2. The molecule has 1 aliphatic carbocycles. The first-order valence-electron chi connectivity index (χ1n) is 8.24. The Kier molecular flexibility index (Phi) is 7.04. The molecule has 2 atom stereocenters. The van der Waals surface area contributed by atoms with E-state index in [0.717, 1.165) is 0 Å². The van der Waals surface area contributed by atoms with Crippen molar-refractivity contribution in [2.75, 3.05) is 46.5 Å². The zero-order valence-electron chi connectivity index (χ0n) is 15.0. The van der Waals surface area contributed by atoms with Crippen LogP contribution >= 0.6 is 12.4 Å².